The first-order valence-corrected chi connectivity index (χ1v) is 5.63. The fourth-order valence-electron chi connectivity index (χ4n) is 1.05. The zero-order valence-electron chi connectivity index (χ0n) is 9.81. The van der Waals surface area contributed by atoms with Crippen LogP contribution in [0.1, 0.15) is 36.1 Å². The van der Waals surface area contributed by atoms with Crippen LogP contribution in [-0.4, -0.2) is 28.0 Å². The third kappa shape index (κ3) is 3.75. The molecular weight excluding hydrogens is 244 g/mol. The number of nitrogens with zero attached hydrogens (tertiary/aromatic N) is 2. The second-order valence-corrected chi connectivity index (χ2v) is 5.14. The van der Waals surface area contributed by atoms with Crippen molar-refractivity contribution in [3.8, 4) is 0 Å². The minimum atomic E-state index is -0.663. The van der Waals surface area contributed by atoms with Crippen LogP contribution < -0.4 is 11.2 Å². The van der Waals surface area contributed by atoms with Crippen molar-refractivity contribution in [1.82, 2.24) is 15.1 Å². The van der Waals surface area contributed by atoms with Crippen molar-refractivity contribution in [2.75, 3.05) is 6.61 Å². The van der Waals surface area contributed by atoms with E-state index in [0.29, 0.717) is 10.6 Å². The van der Waals surface area contributed by atoms with Gasteiger partial charge in [-0.3, -0.25) is 14.4 Å². The molecule has 0 radical (unpaired) electrons. The molecule has 0 spiro atoms. The number of hydrogen-bond acceptors (Lipinski definition) is 6. The average molecular weight is 258 g/mol. The van der Waals surface area contributed by atoms with Crippen LogP contribution in [0.15, 0.2) is 0 Å². The summed E-state index contributed by atoms with van der Waals surface area (Å²) in [7, 11) is 0. The number of nitrogens with one attached hydrogen (secondary N) is 1. The highest BCUT2D eigenvalue weighted by molar-refractivity contribution is 7.08. The maximum atomic E-state index is 11.7. The molecule has 0 aromatic carbocycles. The van der Waals surface area contributed by atoms with Gasteiger partial charge in [0.2, 0.25) is 5.91 Å². The minimum absolute atomic E-state index is 0.288. The summed E-state index contributed by atoms with van der Waals surface area (Å²) in [4.78, 5) is 27.1. The van der Waals surface area contributed by atoms with Crippen LogP contribution >= 0.6 is 11.5 Å². The van der Waals surface area contributed by atoms with Gasteiger partial charge in [-0.25, -0.2) is 5.48 Å². The number of amides is 2. The van der Waals surface area contributed by atoms with Gasteiger partial charge in [0.1, 0.15) is 4.88 Å². The van der Waals surface area contributed by atoms with Gasteiger partial charge in [0, 0.05) is 5.41 Å². The van der Waals surface area contributed by atoms with Crippen LogP contribution in [0.2, 0.25) is 0 Å². The molecule has 0 aliphatic rings. The third-order valence-electron chi connectivity index (χ3n) is 1.78. The Balaban J connectivity index is 2.70. The Morgan fingerprint density at radius 2 is 2.12 bits per heavy atom. The van der Waals surface area contributed by atoms with E-state index in [0.717, 1.165) is 11.5 Å². The van der Waals surface area contributed by atoms with Crippen molar-refractivity contribution in [3.05, 3.63) is 10.6 Å². The van der Waals surface area contributed by atoms with Crippen LogP contribution in [-0.2, 0) is 15.0 Å². The van der Waals surface area contributed by atoms with Crippen LogP contribution in [0.3, 0.4) is 0 Å². The Morgan fingerprint density at radius 3 is 2.65 bits per heavy atom. The lowest BCUT2D eigenvalue weighted by molar-refractivity contribution is -0.124. The van der Waals surface area contributed by atoms with Gasteiger partial charge in [0.15, 0.2) is 6.61 Å². The lowest BCUT2D eigenvalue weighted by Crippen LogP contribution is -2.30. The van der Waals surface area contributed by atoms with Crippen molar-refractivity contribution >= 4 is 23.3 Å². The predicted octanol–water partition coefficient (Wildman–Crippen LogP) is -0.0177. The van der Waals surface area contributed by atoms with E-state index < -0.39 is 11.8 Å². The molecule has 0 saturated heterocycles. The molecule has 0 aliphatic carbocycles. The topological polar surface area (TPSA) is 107 Å². The van der Waals surface area contributed by atoms with Gasteiger partial charge in [0.05, 0.1) is 5.69 Å². The number of carbonyl (C=O) groups is 2. The predicted molar refractivity (Wildman–Crippen MR) is 61.2 cm³/mol. The number of aromatic nitrogens is 2. The SMILES string of the molecule is CC(C)(C)c1nnsc1C(=O)NOCC(N)=O. The van der Waals surface area contributed by atoms with Gasteiger partial charge in [-0.2, -0.15) is 0 Å². The first kappa shape index (κ1) is 13.5. The van der Waals surface area contributed by atoms with Crippen LogP contribution in [0.4, 0.5) is 0 Å². The highest BCUT2D eigenvalue weighted by Crippen LogP contribution is 2.25. The molecule has 1 aromatic heterocycles. The van der Waals surface area contributed by atoms with Crippen LogP contribution in [0.25, 0.3) is 0 Å². The quantitative estimate of drug-likeness (QED) is 0.738. The standard InChI is InChI=1S/C9H14N4O3S/c1-9(2,3)7-6(17-13-11-7)8(15)12-16-4-5(10)14/h4H2,1-3H3,(H2,10,14)(H,12,15). The average Bonchev–Trinajstić information content (AvgIpc) is 2.64. The summed E-state index contributed by atoms with van der Waals surface area (Å²) in [5.41, 5.74) is 7.28. The van der Waals surface area contributed by atoms with E-state index >= 15 is 0 Å². The highest BCUT2D eigenvalue weighted by Gasteiger charge is 2.26. The van der Waals surface area contributed by atoms with Crippen molar-refractivity contribution in [2.24, 2.45) is 5.73 Å². The number of hydrogen-bond donors (Lipinski definition) is 2. The summed E-state index contributed by atoms with van der Waals surface area (Å²) in [6, 6.07) is 0. The smallest absolute Gasteiger partial charge is 0.288 e. The summed E-state index contributed by atoms with van der Waals surface area (Å²) in [6.45, 7) is 5.39. The molecular formula is C9H14N4O3S. The summed E-state index contributed by atoms with van der Waals surface area (Å²) in [6.07, 6.45) is 0. The Hall–Kier alpha value is -1.54. The van der Waals surface area contributed by atoms with E-state index in [4.69, 9.17) is 5.73 Å². The molecule has 1 rings (SSSR count). The Labute approximate surface area is 102 Å². The van der Waals surface area contributed by atoms with Crippen molar-refractivity contribution < 1.29 is 14.4 Å². The zero-order chi connectivity index (χ0) is 13.1. The maximum Gasteiger partial charge on any atom is 0.288 e. The van der Waals surface area contributed by atoms with Gasteiger partial charge in [-0.05, 0) is 11.5 Å². The van der Waals surface area contributed by atoms with Gasteiger partial charge >= 0.3 is 0 Å². The third-order valence-corrected chi connectivity index (χ3v) is 2.51. The van der Waals surface area contributed by atoms with Gasteiger partial charge in [-0.15, -0.1) is 5.10 Å². The van der Waals surface area contributed by atoms with Crippen LogP contribution in [0, 0.1) is 0 Å². The number of hydroxylamine groups is 1. The monoisotopic (exact) mass is 258 g/mol. The Morgan fingerprint density at radius 1 is 1.47 bits per heavy atom. The maximum absolute atomic E-state index is 11.7. The number of rotatable bonds is 4. The molecule has 1 heterocycles. The second-order valence-electron chi connectivity index (χ2n) is 4.39. The number of primary amides is 1. The fraction of sp³-hybridized carbons (Fsp3) is 0.556. The van der Waals surface area contributed by atoms with Crippen molar-refractivity contribution in [1.29, 1.82) is 0 Å². The molecule has 0 unspecified atom stereocenters. The minimum Gasteiger partial charge on any atom is -0.368 e. The van der Waals surface area contributed by atoms with E-state index in [2.05, 4.69) is 19.9 Å². The Bertz CT molecular complexity index is 424. The van der Waals surface area contributed by atoms with Gasteiger partial charge in [-0.1, -0.05) is 25.3 Å². The molecule has 0 aliphatic heterocycles. The zero-order valence-corrected chi connectivity index (χ0v) is 10.6. The van der Waals surface area contributed by atoms with Crippen molar-refractivity contribution in [2.45, 2.75) is 26.2 Å². The molecule has 0 saturated carbocycles. The first-order valence-electron chi connectivity index (χ1n) is 4.85. The largest absolute Gasteiger partial charge is 0.368 e. The summed E-state index contributed by atoms with van der Waals surface area (Å²) in [5.74, 6) is -1.14. The summed E-state index contributed by atoms with van der Waals surface area (Å²) in [5, 5.41) is 3.91. The van der Waals surface area contributed by atoms with Gasteiger partial charge < -0.3 is 5.73 Å². The summed E-state index contributed by atoms with van der Waals surface area (Å²) >= 11 is 0.974. The van der Waals surface area contributed by atoms with Crippen LogP contribution in [0.5, 0.6) is 0 Å². The molecule has 0 fully saturated rings. The van der Waals surface area contributed by atoms with E-state index in [-0.39, 0.29) is 12.0 Å². The van der Waals surface area contributed by atoms with E-state index in [9.17, 15) is 9.59 Å². The Kier molecular flexibility index (Phi) is 4.13. The molecule has 0 atom stereocenters. The molecule has 17 heavy (non-hydrogen) atoms. The normalized spacial score (nSPS) is 11.2. The lowest BCUT2D eigenvalue weighted by Gasteiger charge is -2.15. The molecule has 3 N–H and O–H groups in total. The molecule has 1 aromatic rings. The lowest BCUT2D eigenvalue weighted by atomic mass is 9.91. The van der Waals surface area contributed by atoms with E-state index in [1.54, 1.807) is 0 Å². The molecule has 94 valence electrons. The van der Waals surface area contributed by atoms with Gasteiger partial charge in [0.25, 0.3) is 5.91 Å². The second kappa shape index (κ2) is 5.19. The molecule has 2 amide bonds. The summed E-state index contributed by atoms with van der Waals surface area (Å²) < 4.78 is 3.74. The molecule has 7 nitrogen and oxygen atoms in total. The van der Waals surface area contributed by atoms with Crippen molar-refractivity contribution in [3.63, 3.8) is 0 Å². The number of nitrogens with two attached hydrogens (primary N) is 1. The molecule has 0 bridgehead atoms. The van der Waals surface area contributed by atoms with E-state index in [1.165, 1.54) is 0 Å². The first-order chi connectivity index (χ1) is 7.82. The highest BCUT2D eigenvalue weighted by atomic mass is 32.1. The fourth-order valence-corrected chi connectivity index (χ4v) is 1.81. The number of carbonyl (C=O) groups excluding carboxylic acids is 2. The van der Waals surface area contributed by atoms with E-state index in [1.807, 2.05) is 20.8 Å². The molecule has 8 heteroatoms.